The van der Waals surface area contributed by atoms with Crippen molar-refractivity contribution < 1.29 is 9.53 Å². The van der Waals surface area contributed by atoms with Crippen molar-refractivity contribution >= 4 is 5.97 Å². The normalized spacial score (nSPS) is 20.9. The molecule has 0 aromatic carbocycles. The molecular formula is C15H31N3O2. The van der Waals surface area contributed by atoms with Gasteiger partial charge in [0, 0.05) is 38.8 Å². The van der Waals surface area contributed by atoms with Gasteiger partial charge in [-0.3, -0.25) is 9.69 Å². The first-order valence-corrected chi connectivity index (χ1v) is 7.75. The molecule has 1 aliphatic heterocycles. The van der Waals surface area contributed by atoms with Crippen LogP contribution in [0.1, 0.15) is 34.1 Å². The highest BCUT2D eigenvalue weighted by atomic mass is 16.5. The van der Waals surface area contributed by atoms with Gasteiger partial charge in [-0.2, -0.15) is 0 Å². The van der Waals surface area contributed by atoms with Crippen molar-refractivity contribution in [2.45, 2.75) is 45.7 Å². The van der Waals surface area contributed by atoms with E-state index in [0.29, 0.717) is 12.6 Å². The Balaban J connectivity index is 2.40. The number of carbonyl (C=O) groups excluding carboxylic acids is 1. The van der Waals surface area contributed by atoms with E-state index in [4.69, 9.17) is 4.74 Å². The van der Waals surface area contributed by atoms with Crippen LogP contribution in [0.5, 0.6) is 0 Å². The predicted molar refractivity (Wildman–Crippen MR) is 81.9 cm³/mol. The van der Waals surface area contributed by atoms with Gasteiger partial charge in [0.25, 0.3) is 0 Å². The van der Waals surface area contributed by atoms with Gasteiger partial charge in [-0.1, -0.05) is 0 Å². The van der Waals surface area contributed by atoms with Crippen LogP contribution in [0.25, 0.3) is 0 Å². The lowest BCUT2D eigenvalue weighted by Crippen LogP contribution is -2.53. The minimum atomic E-state index is -0.578. The van der Waals surface area contributed by atoms with E-state index in [2.05, 4.69) is 29.0 Å². The third-order valence-electron chi connectivity index (χ3n) is 4.34. The van der Waals surface area contributed by atoms with E-state index >= 15 is 0 Å². The maximum Gasteiger partial charge on any atom is 0.326 e. The number of nitrogens with one attached hydrogen (secondary N) is 1. The third kappa shape index (κ3) is 4.72. The Morgan fingerprint density at radius 2 is 1.90 bits per heavy atom. The lowest BCUT2D eigenvalue weighted by atomic mass is 9.97. The molecule has 5 nitrogen and oxygen atoms in total. The largest absolute Gasteiger partial charge is 0.465 e. The Morgan fingerprint density at radius 3 is 2.35 bits per heavy atom. The summed E-state index contributed by atoms with van der Waals surface area (Å²) in [5.41, 5.74) is -0.578. The summed E-state index contributed by atoms with van der Waals surface area (Å²) in [6.45, 7) is 14.0. The fourth-order valence-corrected chi connectivity index (χ4v) is 2.50. The SMILES string of the molecule is CCOC(=O)C(C)(CCN1CCN(C(C)C)CC1)NC. The van der Waals surface area contributed by atoms with E-state index in [1.54, 1.807) is 0 Å². The van der Waals surface area contributed by atoms with E-state index in [-0.39, 0.29) is 5.97 Å². The first kappa shape index (κ1) is 17.4. The van der Waals surface area contributed by atoms with E-state index < -0.39 is 5.54 Å². The fourth-order valence-electron chi connectivity index (χ4n) is 2.50. The Hall–Kier alpha value is -0.650. The molecule has 1 unspecified atom stereocenters. The first-order valence-electron chi connectivity index (χ1n) is 7.75. The van der Waals surface area contributed by atoms with Crippen LogP contribution in [0.2, 0.25) is 0 Å². The van der Waals surface area contributed by atoms with Crippen LogP contribution in [-0.2, 0) is 9.53 Å². The third-order valence-corrected chi connectivity index (χ3v) is 4.34. The average Bonchev–Trinajstić information content (AvgIpc) is 2.45. The Kier molecular flexibility index (Phi) is 6.92. The highest BCUT2D eigenvalue weighted by Gasteiger charge is 2.33. The molecule has 1 rings (SSSR count). The standard InChI is InChI=1S/C15H31N3O2/c1-6-20-14(19)15(4,16-5)7-8-17-9-11-18(12-10-17)13(2)3/h13,16H,6-12H2,1-5H3. The van der Waals surface area contributed by atoms with Crippen LogP contribution < -0.4 is 5.32 Å². The highest BCUT2D eigenvalue weighted by molar-refractivity contribution is 5.80. The number of ether oxygens (including phenoxy) is 1. The summed E-state index contributed by atoms with van der Waals surface area (Å²) in [5, 5.41) is 3.12. The van der Waals surface area contributed by atoms with Gasteiger partial charge in [-0.15, -0.1) is 0 Å². The molecular weight excluding hydrogens is 254 g/mol. The lowest BCUT2D eigenvalue weighted by molar-refractivity contribution is -0.150. The summed E-state index contributed by atoms with van der Waals surface area (Å²) < 4.78 is 5.16. The van der Waals surface area contributed by atoms with Crippen molar-refractivity contribution in [3.63, 3.8) is 0 Å². The second kappa shape index (κ2) is 7.96. The molecule has 1 fully saturated rings. The van der Waals surface area contributed by atoms with Gasteiger partial charge in [-0.05, 0) is 41.2 Å². The zero-order valence-electron chi connectivity index (χ0n) is 13.7. The Bertz CT molecular complexity index is 301. The molecule has 0 spiro atoms. The van der Waals surface area contributed by atoms with Crippen LogP contribution in [0, 0.1) is 0 Å². The highest BCUT2D eigenvalue weighted by Crippen LogP contribution is 2.14. The summed E-state index contributed by atoms with van der Waals surface area (Å²) in [7, 11) is 1.83. The predicted octanol–water partition coefficient (Wildman–Crippen LogP) is 0.944. The summed E-state index contributed by atoms with van der Waals surface area (Å²) >= 11 is 0. The Labute approximate surface area is 123 Å². The number of esters is 1. The minimum Gasteiger partial charge on any atom is -0.465 e. The van der Waals surface area contributed by atoms with Gasteiger partial charge >= 0.3 is 5.97 Å². The second-order valence-electron chi connectivity index (χ2n) is 6.02. The molecule has 0 amide bonds. The summed E-state index contributed by atoms with van der Waals surface area (Å²) in [6, 6.07) is 0.624. The molecule has 0 aromatic heterocycles. The molecule has 1 heterocycles. The topological polar surface area (TPSA) is 44.8 Å². The number of rotatable bonds is 7. The molecule has 1 atom stereocenters. The molecule has 0 bridgehead atoms. The quantitative estimate of drug-likeness (QED) is 0.706. The first-order chi connectivity index (χ1) is 9.42. The molecule has 20 heavy (non-hydrogen) atoms. The van der Waals surface area contributed by atoms with E-state index in [1.807, 2.05) is 20.9 Å². The average molecular weight is 285 g/mol. The number of piperazine rings is 1. The molecule has 0 saturated carbocycles. The van der Waals surface area contributed by atoms with Crippen LogP contribution >= 0.6 is 0 Å². The van der Waals surface area contributed by atoms with E-state index in [9.17, 15) is 4.79 Å². The Morgan fingerprint density at radius 1 is 1.30 bits per heavy atom. The van der Waals surface area contributed by atoms with Crippen molar-refractivity contribution in [3.05, 3.63) is 0 Å². The molecule has 0 radical (unpaired) electrons. The van der Waals surface area contributed by atoms with Crippen molar-refractivity contribution in [3.8, 4) is 0 Å². The maximum atomic E-state index is 12.0. The van der Waals surface area contributed by atoms with Crippen molar-refractivity contribution in [2.24, 2.45) is 0 Å². The van der Waals surface area contributed by atoms with Crippen molar-refractivity contribution in [2.75, 3.05) is 46.4 Å². The van der Waals surface area contributed by atoms with Crippen LogP contribution in [0.4, 0.5) is 0 Å². The van der Waals surface area contributed by atoms with Gasteiger partial charge < -0.3 is 15.0 Å². The smallest absolute Gasteiger partial charge is 0.326 e. The zero-order chi connectivity index (χ0) is 15.2. The van der Waals surface area contributed by atoms with E-state index in [1.165, 1.54) is 0 Å². The van der Waals surface area contributed by atoms with Crippen molar-refractivity contribution in [1.82, 2.24) is 15.1 Å². The number of nitrogens with zero attached hydrogens (tertiary/aromatic N) is 2. The number of likely N-dealkylation sites (N-methyl/N-ethyl adjacent to an activating group) is 1. The van der Waals surface area contributed by atoms with Gasteiger partial charge in [0.15, 0.2) is 0 Å². The van der Waals surface area contributed by atoms with Gasteiger partial charge in [0.1, 0.15) is 5.54 Å². The molecule has 0 aromatic rings. The monoisotopic (exact) mass is 285 g/mol. The van der Waals surface area contributed by atoms with Gasteiger partial charge in [-0.25, -0.2) is 0 Å². The molecule has 1 saturated heterocycles. The second-order valence-corrected chi connectivity index (χ2v) is 6.02. The van der Waals surface area contributed by atoms with E-state index in [0.717, 1.165) is 39.1 Å². The van der Waals surface area contributed by atoms with Crippen LogP contribution in [0.15, 0.2) is 0 Å². The molecule has 1 N–H and O–H groups in total. The summed E-state index contributed by atoms with van der Waals surface area (Å²) in [4.78, 5) is 16.9. The molecule has 118 valence electrons. The summed E-state index contributed by atoms with van der Waals surface area (Å²) in [6.07, 6.45) is 0.782. The van der Waals surface area contributed by atoms with Gasteiger partial charge in [0.05, 0.1) is 6.61 Å². The lowest BCUT2D eigenvalue weighted by Gasteiger charge is -2.38. The zero-order valence-corrected chi connectivity index (χ0v) is 13.7. The fraction of sp³-hybridized carbons (Fsp3) is 0.933. The molecule has 5 heteroatoms. The number of carbonyl (C=O) groups is 1. The maximum absolute atomic E-state index is 12.0. The number of hydrogen-bond donors (Lipinski definition) is 1. The molecule has 1 aliphatic rings. The minimum absolute atomic E-state index is 0.150. The van der Waals surface area contributed by atoms with Gasteiger partial charge in [0.2, 0.25) is 0 Å². The van der Waals surface area contributed by atoms with Crippen molar-refractivity contribution in [1.29, 1.82) is 0 Å². The van der Waals surface area contributed by atoms with Crippen LogP contribution in [-0.4, -0.2) is 73.7 Å². The number of hydrogen-bond acceptors (Lipinski definition) is 5. The molecule has 0 aliphatic carbocycles. The van der Waals surface area contributed by atoms with Crippen LogP contribution in [0.3, 0.4) is 0 Å². The summed E-state index contributed by atoms with van der Waals surface area (Å²) in [5.74, 6) is -0.150.